The van der Waals surface area contributed by atoms with Crippen LogP contribution >= 0.6 is 0 Å². The van der Waals surface area contributed by atoms with E-state index < -0.39 is 0 Å². The van der Waals surface area contributed by atoms with Crippen LogP contribution in [0.15, 0.2) is 28.9 Å². The molecule has 0 bridgehead atoms. The van der Waals surface area contributed by atoms with Crippen molar-refractivity contribution >= 4 is 6.21 Å². The molecule has 1 rings (SSSR count). The summed E-state index contributed by atoms with van der Waals surface area (Å²) in [5.41, 5.74) is 1.09. The predicted octanol–water partition coefficient (Wildman–Crippen LogP) is 1.28. The topological polar surface area (TPSA) is 32.6 Å². The highest BCUT2D eigenvalue weighted by atomic mass is 16.2. The summed E-state index contributed by atoms with van der Waals surface area (Å²) in [6.07, 6.45) is 9.28. The van der Waals surface area contributed by atoms with E-state index in [1.54, 1.807) is 6.20 Å². The third-order valence-corrected chi connectivity index (χ3v) is 1.32. The van der Waals surface area contributed by atoms with Gasteiger partial charge >= 0.3 is 0 Å². The second-order valence-electron chi connectivity index (χ2n) is 2.15. The van der Waals surface area contributed by atoms with Gasteiger partial charge in [-0.15, -0.1) is 0 Å². The van der Waals surface area contributed by atoms with E-state index in [9.17, 15) is 0 Å². The van der Waals surface area contributed by atoms with E-state index in [4.69, 9.17) is 5.11 Å². The first-order chi connectivity index (χ1) is 4.93. The first kappa shape index (κ1) is 7.22. The predicted molar refractivity (Wildman–Crippen MR) is 42.0 cm³/mol. The van der Waals surface area contributed by atoms with Gasteiger partial charge in [0.2, 0.25) is 0 Å². The molecule has 1 aliphatic rings. The number of hydrogen-bond acceptors (Lipinski definition) is 2. The standard InChI is InChI=1S/C8H11NO/c10-6-4-8-3-1-2-5-9-7-8/h1,3,5,7,10H,2,4,6H2. The van der Waals surface area contributed by atoms with Crippen molar-refractivity contribution in [2.45, 2.75) is 12.8 Å². The number of allylic oxidation sites excluding steroid dienone is 2. The van der Waals surface area contributed by atoms with Crippen molar-refractivity contribution in [3.05, 3.63) is 23.9 Å². The van der Waals surface area contributed by atoms with Gasteiger partial charge in [0.05, 0.1) is 0 Å². The second-order valence-corrected chi connectivity index (χ2v) is 2.15. The summed E-state index contributed by atoms with van der Waals surface area (Å²) in [6, 6.07) is 0. The van der Waals surface area contributed by atoms with E-state index >= 15 is 0 Å². The Bertz CT molecular complexity index is 180. The molecule has 0 unspecified atom stereocenters. The molecule has 0 fully saturated rings. The minimum absolute atomic E-state index is 0.200. The minimum atomic E-state index is 0.200. The fourth-order valence-electron chi connectivity index (χ4n) is 0.810. The van der Waals surface area contributed by atoms with Gasteiger partial charge in [0.1, 0.15) is 0 Å². The molecular weight excluding hydrogens is 126 g/mol. The Kier molecular flexibility index (Phi) is 2.90. The van der Waals surface area contributed by atoms with Gasteiger partial charge in [-0.2, -0.15) is 0 Å². The molecule has 1 aliphatic heterocycles. The molecule has 2 heteroatoms. The van der Waals surface area contributed by atoms with Gasteiger partial charge in [-0.25, -0.2) is 0 Å². The quantitative estimate of drug-likeness (QED) is 0.611. The van der Waals surface area contributed by atoms with Gasteiger partial charge in [0, 0.05) is 25.4 Å². The summed E-state index contributed by atoms with van der Waals surface area (Å²) >= 11 is 0. The van der Waals surface area contributed by atoms with Gasteiger partial charge in [-0.3, -0.25) is 4.99 Å². The van der Waals surface area contributed by atoms with Crippen molar-refractivity contribution < 1.29 is 5.11 Å². The number of rotatable bonds is 2. The maximum absolute atomic E-state index is 8.58. The Morgan fingerprint density at radius 1 is 1.60 bits per heavy atom. The Labute approximate surface area is 60.6 Å². The molecule has 2 nitrogen and oxygen atoms in total. The molecule has 0 amide bonds. The summed E-state index contributed by atoms with van der Waals surface area (Å²) in [6.45, 7) is 0.200. The van der Waals surface area contributed by atoms with Crippen LogP contribution < -0.4 is 0 Å². The molecule has 1 heterocycles. The molecule has 0 atom stereocenters. The van der Waals surface area contributed by atoms with E-state index in [0.717, 1.165) is 12.0 Å². The van der Waals surface area contributed by atoms with Crippen molar-refractivity contribution in [1.82, 2.24) is 0 Å². The molecule has 0 aromatic rings. The summed E-state index contributed by atoms with van der Waals surface area (Å²) in [5, 5.41) is 8.58. The molecule has 1 N–H and O–H groups in total. The molecular formula is C8H11NO. The summed E-state index contributed by atoms with van der Waals surface area (Å²) in [7, 11) is 0. The van der Waals surface area contributed by atoms with Crippen molar-refractivity contribution in [1.29, 1.82) is 0 Å². The first-order valence-electron chi connectivity index (χ1n) is 3.41. The van der Waals surface area contributed by atoms with E-state index in [1.807, 2.05) is 18.4 Å². The molecule has 0 aromatic carbocycles. The van der Waals surface area contributed by atoms with Gasteiger partial charge in [-0.1, -0.05) is 12.2 Å². The minimum Gasteiger partial charge on any atom is -0.396 e. The van der Waals surface area contributed by atoms with Crippen LogP contribution in [0.5, 0.6) is 0 Å². The smallest absolute Gasteiger partial charge is 0.0472 e. The van der Waals surface area contributed by atoms with Crippen LogP contribution in [0, 0.1) is 0 Å². The SMILES string of the molecule is OCCC1=CN=CCC=C1. The lowest BCUT2D eigenvalue weighted by molar-refractivity contribution is 0.300. The molecule has 0 saturated carbocycles. The average molecular weight is 137 g/mol. The second kappa shape index (κ2) is 4.01. The van der Waals surface area contributed by atoms with Crippen LogP contribution in [0.3, 0.4) is 0 Å². The fraction of sp³-hybridized carbons (Fsp3) is 0.375. The summed E-state index contributed by atoms with van der Waals surface area (Å²) in [5.74, 6) is 0. The molecule has 0 saturated heterocycles. The lowest BCUT2D eigenvalue weighted by Crippen LogP contribution is -1.83. The average Bonchev–Trinajstić information content (AvgIpc) is 2.17. The highest BCUT2D eigenvalue weighted by Gasteiger charge is 1.91. The lowest BCUT2D eigenvalue weighted by atomic mass is 10.2. The number of aliphatic imine (C=N–C) groups is 1. The monoisotopic (exact) mass is 137 g/mol. The summed E-state index contributed by atoms with van der Waals surface area (Å²) < 4.78 is 0. The Balaban J connectivity index is 2.55. The van der Waals surface area contributed by atoms with Gasteiger partial charge in [0.25, 0.3) is 0 Å². The molecule has 0 aromatic heterocycles. The van der Waals surface area contributed by atoms with Crippen LogP contribution in [0.4, 0.5) is 0 Å². The highest BCUT2D eigenvalue weighted by molar-refractivity contribution is 5.61. The van der Waals surface area contributed by atoms with Crippen molar-refractivity contribution in [2.75, 3.05) is 6.61 Å². The van der Waals surface area contributed by atoms with Gasteiger partial charge in [-0.05, 0) is 12.0 Å². The van der Waals surface area contributed by atoms with Crippen LogP contribution in [-0.2, 0) is 0 Å². The summed E-state index contributed by atoms with van der Waals surface area (Å²) in [4.78, 5) is 4.01. The van der Waals surface area contributed by atoms with Crippen molar-refractivity contribution in [3.8, 4) is 0 Å². The van der Waals surface area contributed by atoms with Crippen LogP contribution in [0.1, 0.15) is 12.8 Å². The number of aliphatic hydroxyl groups is 1. The lowest BCUT2D eigenvalue weighted by Gasteiger charge is -1.93. The normalized spacial score (nSPS) is 16.7. The van der Waals surface area contributed by atoms with Crippen LogP contribution in [0.25, 0.3) is 0 Å². The van der Waals surface area contributed by atoms with Crippen LogP contribution in [-0.4, -0.2) is 17.9 Å². The van der Waals surface area contributed by atoms with Crippen molar-refractivity contribution in [3.63, 3.8) is 0 Å². The van der Waals surface area contributed by atoms with E-state index in [0.29, 0.717) is 6.42 Å². The Hall–Kier alpha value is -0.890. The van der Waals surface area contributed by atoms with Crippen LogP contribution in [0.2, 0.25) is 0 Å². The molecule has 10 heavy (non-hydrogen) atoms. The number of hydrogen-bond donors (Lipinski definition) is 1. The Morgan fingerprint density at radius 3 is 3.30 bits per heavy atom. The zero-order valence-corrected chi connectivity index (χ0v) is 5.83. The third-order valence-electron chi connectivity index (χ3n) is 1.32. The fourth-order valence-corrected chi connectivity index (χ4v) is 0.810. The number of aliphatic hydroxyl groups excluding tert-OH is 1. The molecule has 0 radical (unpaired) electrons. The zero-order chi connectivity index (χ0) is 7.23. The van der Waals surface area contributed by atoms with E-state index in [-0.39, 0.29) is 6.61 Å². The van der Waals surface area contributed by atoms with Crippen molar-refractivity contribution in [2.24, 2.45) is 4.99 Å². The third kappa shape index (κ3) is 2.15. The molecule has 54 valence electrons. The molecule has 0 spiro atoms. The van der Waals surface area contributed by atoms with E-state index in [1.165, 1.54) is 0 Å². The zero-order valence-electron chi connectivity index (χ0n) is 5.83. The largest absolute Gasteiger partial charge is 0.396 e. The first-order valence-corrected chi connectivity index (χ1v) is 3.41. The van der Waals surface area contributed by atoms with E-state index in [2.05, 4.69) is 4.99 Å². The highest BCUT2D eigenvalue weighted by Crippen LogP contribution is 2.05. The number of nitrogens with zero attached hydrogens (tertiary/aromatic N) is 1. The van der Waals surface area contributed by atoms with Gasteiger partial charge < -0.3 is 5.11 Å². The Morgan fingerprint density at radius 2 is 2.50 bits per heavy atom. The molecule has 0 aliphatic carbocycles. The van der Waals surface area contributed by atoms with Gasteiger partial charge in [0.15, 0.2) is 0 Å². The maximum Gasteiger partial charge on any atom is 0.0472 e. The maximum atomic E-state index is 8.58.